The van der Waals surface area contributed by atoms with Crippen LogP contribution >= 0.6 is 11.6 Å². The van der Waals surface area contributed by atoms with Gasteiger partial charge in [0, 0.05) is 12.1 Å². The van der Waals surface area contributed by atoms with E-state index in [2.05, 4.69) is 5.32 Å². The van der Waals surface area contributed by atoms with Crippen LogP contribution in [0.1, 0.15) is 48.9 Å². The van der Waals surface area contributed by atoms with Gasteiger partial charge in [0.1, 0.15) is 5.82 Å². The molecule has 0 spiro atoms. The Bertz CT molecular complexity index is 485. The van der Waals surface area contributed by atoms with E-state index in [-0.39, 0.29) is 17.5 Å². The van der Waals surface area contributed by atoms with Gasteiger partial charge in [-0.1, -0.05) is 37.3 Å². The molecule has 0 aliphatic heterocycles. The number of halogens is 2. The monoisotopic (exact) mass is 299 g/mol. The van der Waals surface area contributed by atoms with E-state index in [1.54, 1.807) is 0 Å². The van der Waals surface area contributed by atoms with E-state index in [0.29, 0.717) is 18.4 Å². The summed E-state index contributed by atoms with van der Waals surface area (Å²) in [5.41, 5.74) is -0.524. The normalized spacial score (nSPS) is 18.4. The topological polar surface area (TPSA) is 49.3 Å². The second-order valence-electron chi connectivity index (χ2n) is 5.45. The molecule has 0 bridgehead atoms. The average molecular weight is 300 g/mol. The van der Waals surface area contributed by atoms with Gasteiger partial charge in [0.2, 0.25) is 0 Å². The van der Waals surface area contributed by atoms with Crippen LogP contribution in [0.3, 0.4) is 0 Å². The maximum atomic E-state index is 13.0. The van der Waals surface area contributed by atoms with Crippen molar-refractivity contribution in [1.82, 2.24) is 5.32 Å². The fraction of sp³-hybridized carbons (Fsp3) is 0.533. The van der Waals surface area contributed by atoms with Crippen molar-refractivity contribution in [2.24, 2.45) is 0 Å². The molecule has 0 unspecified atom stereocenters. The van der Waals surface area contributed by atoms with Gasteiger partial charge in [0.25, 0.3) is 5.91 Å². The van der Waals surface area contributed by atoms with E-state index in [4.69, 9.17) is 11.6 Å². The van der Waals surface area contributed by atoms with Crippen molar-refractivity contribution < 1.29 is 14.3 Å². The maximum Gasteiger partial charge on any atom is 0.251 e. The summed E-state index contributed by atoms with van der Waals surface area (Å²) in [4.78, 5) is 12.0. The molecular weight excluding hydrogens is 281 g/mol. The van der Waals surface area contributed by atoms with Crippen molar-refractivity contribution in [1.29, 1.82) is 0 Å². The molecular formula is C15H19ClFNO2. The Kier molecular flexibility index (Phi) is 5.00. The van der Waals surface area contributed by atoms with Crippen molar-refractivity contribution >= 4 is 17.5 Å². The van der Waals surface area contributed by atoms with Crippen molar-refractivity contribution in [2.75, 3.05) is 6.54 Å². The lowest BCUT2D eigenvalue weighted by Crippen LogP contribution is -2.42. The second-order valence-corrected chi connectivity index (χ2v) is 5.86. The summed E-state index contributed by atoms with van der Waals surface area (Å²) >= 11 is 5.65. The zero-order chi connectivity index (χ0) is 14.6. The van der Waals surface area contributed by atoms with Gasteiger partial charge in [-0.2, -0.15) is 0 Å². The number of carbonyl (C=O) groups is 1. The largest absolute Gasteiger partial charge is 0.388 e. The molecule has 110 valence electrons. The lowest BCUT2D eigenvalue weighted by Gasteiger charge is -2.26. The number of nitrogens with one attached hydrogen (secondary N) is 1. The van der Waals surface area contributed by atoms with E-state index in [1.165, 1.54) is 12.1 Å². The SMILES string of the molecule is O=C(NCC1(O)CCCCCC1)c1ccc(F)c(Cl)c1. The van der Waals surface area contributed by atoms with Crippen LogP contribution in [-0.2, 0) is 0 Å². The first-order chi connectivity index (χ1) is 9.50. The fourth-order valence-corrected chi connectivity index (χ4v) is 2.73. The van der Waals surface area contributed by atoms with Crippen LogP contribution < -0.4 is 5.32 Å². The summed E-state index contributed by atoms with van der Waals surface area (Å²) in [5.74, 6) is -0.893. The van der Waals surface area contributed by atoms with Crippen LogP contribution in [0.5, 0.6) is 0 Å². The summed E-state index contributed by atoms with van der Waals surface area (Å²) in [6.45, 7) is 0.223. The zero-order valence-corrected chi connectivity index (χ0v) is 12.0. The molecule has 1 aliphatic rings. The number of benzene rings is 1. The molecule has 0 atom stereocenters. The third-order valence-corrected chi connectivity index (χ3v) is 4.08. The number of carbonyl (C=O) groups excluding carboxylic acids is 1. The molecule has 1 amide bonds. The van der Waals surface area contributed by atoms with Gasteiger partial charge in [-0.15, -0.1) is 0 Å². The van der Waals surface area contributed by atoms with Gasteiger partial charge in [0.15, 0.2) is 0 Å². The third kappa shape index (κ3) is 3.93. The number of amides is 1. The standard InChI is InChI=1S/C15H19ClFNO2/c16-12-9-11(5-6-13(12)17)14(19)18-10-15(20)7-3-1-2-4-8-15/h5-6,9,20H,1-4,7-8,10H2,(H,18,19). The third-order valence-electron chi connectivity index (χ3n) is 3.79. The van der Waals surface area contributed by atoms with Crippen LogP contribution in [0.2, 0.25) is 5.02 Å². The smallest absolute Gasteiger partial charge is 0.251 e. The van der Waals surface area contributed by atoms with Gasteiger partial charge in [-0.25, -0.2) is 4.39 Å². The summed E-state index contributed by atoms with van der Waals surface area (Å²) < 4.78 is 13.0. The molecule has 1 saturated carbocycles. The highest BCUT2D eigenvalue weighted by molar-refractivity contribution is 6.31. The number of hydrogen-bond donors (Lipinski definition) is 2. The molecule has 2 N–H and O–H groups in total. The van der Waals surface area contributed by atoms with E-state index in [0.717, 1.165) is 31.7 Å². The van der Waals surface area contributed by atoms with Gasteiger partial charge in [-0.3, -0.25) is 4.79 Å². The molecule has 1 aliphatic carbocycles. The summed E-state index contributed by atoms with van der Waals surface area (Å²) in [7, 11) is 0. The first-order valence-electron chi connectivity index (χ1n) is 6.96. The van der Waals surface area contributed by atoms with Gasteiger partial charge < -0.3 is 10.4 Å². The molecule has 2 rings (SSSR count). The number of rotatable bonds is 3. The minimum Gasteiger partial charge on any atom is -0.388 e. The Morgan fingerprint density at radius 2 is 1.95 bits per heavy atom. The molecule has 1 fully saturated rings. The van der Waals surface area contributed by atoms with E-state index >= 15 is 0 Å². The molecule has 0 aromatic heterocycles. The predicted molar refractivity (Wildman–Crippen MR) is 76.4 cm³/mol. The van der Waals surface area contributed by atoms with Crippen LogP contribution in [0.4, 0.5) is 4.39 Å². The summed E-state index contributed by atoms with van der Waals surface area (Å²) in [5, 5.41) is 13.1. The van der Waals surface area contributed by atoms with Gasteiger partial charge >= 0.3 is 0 Å². The lowest BCUT2D eigenvalue weighted by molar-refractivity contribution is 0.0246. The fourth-order valence-electron chi connectivity index (χ4n) is 2.55. The molecule has 5 heteroatoms. The van der Waals surface area contributed by atoms with Crippen molar-refractivity contribution in [3.05, 3.63) is 34.6 Å². The Morgan fingerprint density at radius 3 is 2.55 bits per heavy atom. The van der Waals surface area contributed by atoms with Crippen LogP contribution in [-0.4, -0.2) is 23.2 Å². The first kappa shape index (κ1) is 15.3. The molecule has 1 aromatic rings. The van der Waals surface area contributed by atoms with Crippen molar-refractivity contribution in [3.8, 4) is 0 Å². The molecule has 0 radical (unpaired) electrons. The lowest BCUT2D eigenvalue weighted by atomic mass is 9.94. The van der Waals surface area contributed by atoms with Gasteiger partial charge in [0.05, 0.1) is 10.6 Å². The minimum absolute atomic E-state index is 0.0779. The predicted octanol–water partition coefficient (Wildman–Crippen LogP) is 3.29. The highest BCUT2D eigenvalue weighted by Gasteiger charge is 2.28. The zero-order valence-electron chi connectivity index (χ0n) is 11.3. The molecule has 1 aromatic carbocycles. The highest BCUT2D eigenvalue weighted by atomic mass is 35.5. The molecule has 3 nitrogen and oxygen atoms in total. The average Bonchev–Trinajstić information content (AvgIpc) is 2.65. The van der Waals surface area contributed by atoms with Crippen LogP contribution in [0.15, 0.2) is 18.2 Å². The summed E-state index contributed by atoms with van der Waals surface area (Å²) in [6.07, 6.45) is 5.63. The first-order valence-corrected chi connectivity index (χ1v) is 7.34. The van der Waals surface area contributed by atoms with Crippen LogP contribution in [0, 0.1) is 5.82 Å². The quantitative estimate of drug-likeness (QED) is 0.841. The minimum atomic E-state index is -0.823. The maximum absolute atomic E-state index is 13.0. The van der Waals surface area contributed by atoms with Crippen molar-refractivity contribution in [3.63, 3.8) is 0 Å². The Hall–Kier alpha value is -1.13. The van der Waals surface area contributed by atoms with Crippen molar-refractivity contribution in [2.45, 2.75) is 44.1 Å². The van der Waals surface area contributed by atoms with E-state index < -0.39 is 11.4 Å². The summed E-state index contributed by atoms with van der Waals surface area (Å²) in [6, 6.07) is 3.84. The number of aliphatic hydroxyl groups is 1. The molecule has 0 heterocycles. The Morgan fingerprint density at radius 1 is 1.30 bits per heavy atom. The number of hydrogen-bond acceptors (Lipinski definition) is 2. The van der Waals surface area contributed by atoms with Crippen LogP contribution in [0.25, 0.3) is 0 Å². The Labute approximate surface area is 123 Å². The van der Waals surface area contributed by atoms with E-state index in [9.17, 15) is 14.3 Å². The Balaban J connectivity index is 1.95. The van der Waals surface area contributed by atoms with E-state index in [1.807, 2.05) is 0 Å². The second kappa shape index (κ2) is 6.55. The van der Waals surface area contributed by atoms with Gasteiger partial charge in [-0.05, 0) is 31.0 Å². The molecule has 0 saturated heterocycles. The highest BCUT2D eigenvalue weighted by Crippen LogP contribution is 2.26. The molecule has 20 heavy (non-hydrogen) atoms.